The van der Waals surface area contributed by atoms with E-state index in [2.05, 4.69) is 13.8 Å². The van der Waals surface area contributed by atoms with Gasteiger partial charge in [0.15, 0.2) is 6.29 Å². The van der Waals surface area contributed by atoms with E-state index in [0.29, 0.717) is 11.5 Å². The minimum Gasteiger partial charge on any atom is -0.507 e. The van der Waals surface area contributed by atoms with Crippen LogP contribution in [0.2, 0.25) is 0 Å². The highest BCUT2D eigenvalue weighted by molar-refractivity contribution is 5.83. The lowest BCUT2D eigenvalue weighted by molar-refractivity contribution is 0.112. The zero-order chi connectivity index (χ0) is 13.4. The molecule has 1 aromatic carbocycles. The van der Waals surface area contributed by atoms with Crippen molar-refractivity contribution in [2.24, 2.45) is 0 Å². The maximum Gasteiger partial charge on any atom is 0.154 e. The van der Waals surface area contributed by atoms with Gasteiger partial charge in [0.1, 0.15) is 5.75 Å². The first kappa shape index (κ1) is 13.8. The van der Waals surface area contributed by atoms with Gasteiger partial charge in [0.2, 0.25) is 0 Å². The Morgan fingerprint density at radius 1 is 1.29 bits per heavy atom. The van der Waals surface area contributed by atoms with E-state index in [0.717, 1.165) is 23.0 Å². The third-order valence-corrected chi connectivity index (χ3v) is 3.19. The smallest absolute Gasteiger partial charge is 0.154 e. The Bertz CT molecular complexity index is 437. The third-order valence-electron chi connectivity index (χ3n) is 3.19. The Labute approximate surface area is 104 Å². The molecule has 1 aromatic rings. The summed E-state index contributed by atoms with van der Waals surface area (Å²) in [4.78, 5) is 11.1. The second-order valence-corrected chi connectivity index (χ2v) is 5.92. The number of phenolic OH excluding ortho intramolecular Hbond substituents is 1. The van der Waals surface area contributed by atoms with Crippen LogP contribution >= 0.6 is 0 Å². The van der Waals surface area contributed by atoms with Crippen LogP contribution in [0.4, 0.5) is 0 Å². The quantitative estimate of drug-likeness (QED) is 0.787. The van der Waals surface area contributed by atoms with E-state index in [-0.39, 0.29) is 11.2 Å². The maximum absolute atomic E-state index is 11.1. The second kappa shape index (κ2) is 4.52. The maximum atomic E-state index is 11.1. The van der Waals surface area contributed by atoms with E-state index in [1.807, 2.05) is 33.8 Å². The van der Waals surface area contributed by atoms with Crippen molar-refractivity contribution < 1.29 is 9.90 Å². The van der Waals surface area contributed by atoms with Crippen LogP contribution in [0, 0.1) is 6.92 Å². The molecule has 0 bridgehead atoms. The van der Waals surface area contributed by atoms with Gasteiger partial charge < -0.3 is 5.11 Å². The number of carbonyl (C=O) groups excluding carboxylic acids is 1. The first-order valence-electron chi connectivity index (χ1n) is 6.02. The van der Waals surface area contributed by atoms with Crippen molar-refractivity contribution in [3.8, 4) is 5.75 Å². The molecule has 0 aliphatic carbocycles. The van der Waals surface area contributed by atoms with Crippen molar-refractivity contribution in [2.45, 2.75) is 52.9 Å². The van der Waals surface area contributed by atoms with E-state index < -0.39 is 0 Å². The van der Waals surface area contributed by atoms with Gasteiger partial charge in [-0.25, -0.2) is 0 Å². The van der Waals surface area contributed by atoms with Gasteiger partial charge in [0, 0.05) is 5.56 Å². The first-order valence-corrected chi connectivity index (χ1v) is 6.02. The van der Waals surface area contributed by atoms with E-state index in [4.69, 9.17) is 0 Å². The highest BCUT2D eigenvalue weighted by Crippen LogP contribution is 2.37. The minimum absolute atomic E-state index is 0.134. The zero-order valence-electron chi connectivity index (χ0n) is 11.6. The van der Waals surface area contributed by atoms with Crippen molar-refractivity contribution in [3.05, 3.63) is 28.3 Å². The molecule has 0 heterocycles. The fourth-order valence-corrected chi connectivity index (χ4v) is 2.13. The topological polar surface area (TPSA) is 37.3 Å². The lowest BCUT2D eigenvalue weighted by Crippen LogP contribution is -2.14. The molecule has 0 aliphatic rings. The number of aromatic hydroxyl groups is 1. The molecule has 0 radical (unpaired) electrons. The van der Waals surface area contributed by atoms with Crippen LogP contribution in [0.15, 0.2) is 6.07 Å². The van der Waals surface area contributed by atoms with E-state index in [1.165, 1.54) is 0 Å². The standard InChI is InChI=1S/C15H22O2/c1-9(2)11-7-13(15(4,5)6)14(17)12(8-16)10(11)3/h7-9,17H,1-6H3. The molecule has 94 valence electrons. The molecule has 0 aromatic heterocycles. The van der Waals surface area contributed by atoms with Crippen LogP contribution in [0.5, 0.6) is 5.75 Å². The van der Waals surface area contributed by atoms with Crippen molar-refractivity contribution in [1.82, 2.24) is 0 Å². The summed E-state index contributed by atoms with van der Waals surface area (Å²) >= 11 is 0. The second-order valence-electron chi connectivity index (χ2n) is 5.92. The van der Waals surface area contributed by atoms with Gasteiger partial charge in [-0.3, -0.25) is 4.79 Å². The molecular formula is C15H22O2. The van der Waals surface area contributed by atoms with E-state index in [1.54, 1.807) is 0 Å². The van der Waals surface area contributed by atoms with Crippen molar-refractivity contribution >= 4 is 6.29 Å². The number of phenols is 1. The normalized spacial score (nSPS) is 11.9. The molecule has 1 N–H and O–H groups in total. The van der Waals surface area contributed by atoms with Gasteiger partial charge in [-0.2, -0.15) is 0 Å². The molecule has 2 nitrogen and oxygen atoms in total. The van der Waals surface area contributed by atoms with Gasteiger partial charge in [-0.1, -0.05) is 40.7 Å². The Hall–Kier alpha value is -1.31. The van der Waals surface area contributed by atoms with Gasteiger partial charge in [-0.15, -0.1) is 0 Å². The fraction of sp³-hybridized carbons (Fsp3) is 0.533. The van der Waals surface area contributed by atoms with Crippen molar-refractivity contribution in [1.29, 1.82) is 0 Å². The number of aldehydes is 1. The van der Waals surface area contributed by atoms with Crippen LogP contribution in [0.3, 0.4) is 0 Å². The predicted molar refractivity (Wildman–Crippen MR) is 71.0 cm³/mol. The summed E-state index contributed by atoms with van der Waals surface area (Å²) < 4.78 is 0. The summed E-state index contributed by atoms with van der Waals surface area (Å²) in [6.07, 6.45) is 0.756. The minimum atomic E-state index is -0.167. The molecule has 0 saturated heterocycles. The zero-order valence-corrected chi connectivity index (χ0v) is 11.6. The summed E-state index contributed by atoms with van der Waals surface area (Å²) in [5.41, 5.74) is 3.13. The number of rotatable bonds is 2. The molecule has 0 fully saturated rings. The number of carbonyl (C=O) groups is 1. The highest BCUT2D eigenvalue weighted by atomic mass is 16.3. The Morgan fingerprint density at radius 3 is 2.18 bits per heavy atom. The van der Waals surface area contributed by atoms with Gasteiger partial charge in [0.05, 0.1) is 5.56 Å². The third kappa shape index (κ3) is 2.51. The molecular weight excluding hydrogens is 212 g/mol. The Balaban J connectivity index is 3.65. The average molecular weight is 234 g/mol. The first-order chi connectivity index (χ1) is 7.70. The largest absolute Gasteiger partial charge is 0.507 e. The van der Waals surface area contributed by atoms with Crippen LogP contribution in [-0.4, -0.2) is 11.4 Å². The SMILES string of the molecule is Cc1c(C(C)C)cc(C(C)(C)C)c(O)c1C=O. The molecule has 0 unspecified atom stereocenters. The number of benzene rings is 1. The van der Waals surface area contributed by atoms with Gasteiger partial charge >= 0.3 is 0 Å². The summed E-state index contributed by atoms with van der Waals surface area (Å²) in [5, 5.41) is 10.2. The molecule has 0 amide bonds. The van der Waals surface area contributed by atoms with E-state index >= 15 is 0 Å². The average Bonchev–Trinajstić information content (AvgIpc) is 2.15. The summed E-state index contributed by atoms with van der Waals surface area (Å²) in [5.74, 6) is 0.477. The molecule has 0 atom stereocenters. The van der Waals surface area contributed by atoms with Gasteiger partial charge in [0.25, 0.3) is 0 Å². The lowest BCUT2D eigenvalue weighted by Gasteiger charge is -2.25. The number of hydrogen-bond donors (Lipinski definition) is 1. The molecule has 17 heavy (non-hydrogen) atoms. The van der Waals surface area contributed by atoms with E-state index in [9.17, 15) is 9.90 Å². The molecule has 0 saturated carbocycles. The van der Waals surface area contributed by atoms with Crippen LogP contribution in [0.25, 0.3) is 0 Å². The van der Waals surface area contributed by atoms with Crippen molar-refractivity contribution in [3.63, 3.8) is 0 Å². The van der Waals surface area contributed by atoms with Crippen LogP contribution in [0.1, 0.15) is 67.6 Å². The molecule has 0 spiro atoms. The van der Waals surface area contributed by atoms with Crippen LogP contribution < -0.4 is 0 Å². The molecule has 2 heteroatoms. The fourth-order valence-electron chi connectivity index (χ4n) is 2.13. The lowest BCUT2D eigenvalue weighted by atomic mass is 9.81. The van der Waals surface area contributed by atoms with Gasteiger partial charge in [-0.05, 0) is 29.4 Å². The summed E-state index contributed by atoms with van der Waals surface area (Å²) in [6, 6.07) is 2.03. The van der Waals surface area contributed by atoms with Crippen molar-refractivity contribution in [2.75, 3.05) is 0 Å². The highest BCUT2D eigenvalue weighted by Gasteiger charge is 2.23. The Morgan fingerprint density at radius 2 is 1.82 bits per heavy atom. The summed E-state index contributed by atoms with van der Waals surface area (Å²) in [7, 11) is 0. The molecule has 1 rings (SSSR count). The van der Waals surface area contributed by atoms with Crippen LogP contribution in [-0.2, 0) is 5.41 Å². The summed E-state index contributed by atoms with van der Waals surface area (Å²) in [6.45, 7) is 12.2. The monoisotopic (exact) mass is 234 g/mol. The Kier molecular flexibility index (Phi) is 3.65. The molecule has 0 aliphatic heterocycles. The number of hydrogen-bond acceptors (Lipinski definition) is 2. The predicted octanol–water partition coefficient (Wildman–Crippen LogP) is 3.93.